The van der Waals surface area contributed by atoms with E-state index in [2.05, 4.69) is 73.6 Å². The van der Waals surface area contributed by atoms with E-state index < -0.39 is 0 Å². The van der Waals surface area contributed by atoms with Gasteiger partial charge in [0.15, 0.2) is 5.82 Å². The number of nitrogens with one attached hydrogen (secondary N) is 1. The summed E-state index contributed by atoms with van der Waals surface area (Å²) < 4.78 is 2.23. The van der Waals surface area contributed by atoms with Gasteiger partial charge in [-0.25, -0.2) is 10.1 Å². The Kier molecular flexibility index (Phi) is 5.05. The second kappa shape index (κ2) is 7.95. The summed E-state index contributed by atoms with van der Waals surface area (Å²) in [5.41, 5.74) is 4.50. The maximum Gasteiger partial charge on any atom is 0.180 e. The number of H-pyrrole nitrogens is 1. The number of aryl methyl sites for hydroxylation is 1. The molecule has 0 aliphatic heterocycles. The van der Waals surface area contributed by atoms with E-state index >= 15 is 0 Å². The van der Waals surface area contributed by atoms with Crippen LogP contribution in [0.15, 0.2) is 60.9 Å². The van der Waals surface area contributed by atoms with Gasteiger partial charge in [0, 0.05) is 30.9 Å². The highest BCUT2D eigenvalue weighted by Crippen LogP contribution is 2.29. The quantitative estimate of drug-likeness (QED) is 0.539. The smallest absolute Gasteiger partial charge is 0.180 e. The fourth-order valence-electron chi connectivity index (χ4n) is 3.25. The van der Waals surface area contributed by atoms with E-state index in [0.29, 0.717) is 5.82 Å². The van der Waals surface area contributed by atoms with E-state index in [1.165, 1.54) is 18.4 Å². The summed E-state index contributed by atoms with van der Waals surface area (Å²) >= 11 is 0. The van der Waals surface area contributed by atoms with Gasteiger partial charge in [0.1, 0.15) is 5.82 Å². The molecule has 0 spiro atoms. The van der Waals surface area contributed by atoms with Crippen molar-refractivity contribution in [1.82, 2.24) is 30.2 Å². The van der Waals surface area contributed by atoms with Crippen molar-refractivity contribution in [3.05, 3.63) is 72.3 Å². The molecule has 0 atom stereocenters. The molecule has 0 saturated heterocycles. The molecule has 1 N–H and O–H groups in total. The summed E-state index contributed by atoms with van der Waals surface area (Å²) in [5.74, 6) is 1.83. The van der Waals surface area contributed by atoms with Crippen LogP contribution in [0.25, 0.3) is 22.5 Å². The molecule has 2 heterocycles. The van der Waals surface area contributed by atoms with Crippen molar-refractivity contribution < 1.29 is 0 Å². The standard InChI is InChI=1S/C21H22N6/c1-2-3-8-20-22-13-14-27(20)15-16-9-11-17(12-10-16)18-6-4-5-7-19(18)21-23-25-26-24-21/h4-7,9-14H,2-3,8,15H2,1H3,(H,23,24,25,26). The Hall–Kier alpha value is -3.28. The number of rotatable bonds is 7. The minimum atomic E-state index is 0.675. The highest BCUT2D eigenvalue weighted by molar-refractivity contribution is 5.80. The molecule has 2 aromatic heterocycles. The zero-order chi connectivity index (χ0) is 18.5. The second-order valence-electron chi connectivity index (χ2n) is 6.57. The lowest BCUT2D eigenvalue weighted by Crippen LogP contribution is -2.04. The SMILES string of the molecule is CCCCc1nccn1Cc1ccc(-c2ccccc2-c2nnn[nH]2)cc1. The number of hydrogen-bond donors (Lipinski definition) is 1. The Morgan fingerprint density at radius 3 is 2.56 bits per heavy atom. The van der Waals surface area contributed by atoms with Crippen LogP contribution in [0.3, 0.4) is 0 Å². The van der Waals surface area contributed by atoms with E-state index in [4.69, 9.17) is 0 Å². The fraction of sp³-hybridized carbons (Fsp3) is 0.238. The monoisotopic (exact) mass is 358 g/mol. The largest absolute Gasteiger partial charge is 0.331 e. The van der Waals surface area contributed by atoms with Gasteiger partial charge in [-0.15, -0.1) is 5.10 Å². The molecule has 0 unspecified atom stereocenters. The number of hydrogen-bond acceptors (Lipinski definition) is 4. The molecule has 27 heavy (non-hydrogen) atoms. The van der Waals surface area contributed by atoms with Gasteiger partial charge in [0.25, 0.3) is 0 Å². The van der Waals surface area contributed by atoms with Crippen LogP contribution in [0.1, 0.15) is 31.2 Å². The summed E-state index contributed by atoms with van der Waals surface area (Å²) in [7, 11) is 0. The van der Waals surface area contributed by atoms with Crippen molar-refractivity contribution in [1.29, 1.82) is 0 Å². The number of nitrogens with zero attached hydrogens (tertiary/aromatic N) is 5. The molecule has 0 aliphatic rings. The predicted molar refractivity (Wildman–Crippen MR) is 105 cm³/mol. The Balaban J connectivity index is 1.57. The highest BCUT2D eigenvalue weighted by Gasteiger charge is 2.10. The van der Waals surface area contributed by atoms with Crippen LogP contribution >= 0.6 is 0 Å². The molecule has 0 amide bonds. The van der Waals surface area contributed by atoms with Gasteiger partial charge < -0.3 is 4.57 Å². The van der Waals surface area contributed by atoms with Gasteiger partial charge in [-0.1, -0.05) is 61.9 Å². The Bertz CT molecular complexity index is 986. The summed E-state index contributed by atoms with van der Waals surface area (Å²) in [6.07, 6.45) is 7.33. The highest BCUT2D eigenvalue weighted by atomic mass is 15.5. The fourth-order valence-corrected chi connectivity index (χ4v) is 3.25. The number of aromatic amines is 1. The normalized spacial score (nSPS) is 11.0. The maximum atomic E-state index is 4.50. The van der Waals surface area contributed by atoms with Crippen LogP contribution in [0.2, 0.25) is 0 Å². The van der Waals surface area contributed by atoms with Crippen molar-refractivity contribution in [2.75, 3.05) is 0 Å². The van der Waals surface area contributed by atoms with Crippen molar-refractivity contribution in [3.63, 3.8) is 0 Å². The van der Waals surface area contributed by atoms with Gasteiger partial charge in [-0.3, -0.25) is 0 Å². The van der Waals surface area contributed by atoms with E-state index in [9.17, 15) is 0 Å². The van der Waals surface area contributed by atoms with Crippen LogP contribution in [-0.4, -0.2) is 30.2 Å². The third-order valence-electron chi connectivity index (χ3n) is 4.70. The molecular weight excluding hydrogens is 336 g/mol. The Labute approximate surface area is 158 Å². The molecule has 0 aliphatic carbocycles. The molecular formula is C21H22N6. The lowest BCUT2D eigenvalue weighted by Gasteiger charge is -2.10. The lowest BCUT2D eigenvalue weighted by molar-refractivity contribution is 0.678. The third kappa shape index (κ3) is 3.79. The van der Waals surface area contributed by atoms with E-state index in [-0.39, 0.29) is 0 Å². The van der Waals surface area contributed by atoms with Crippen molar-refractivity contribution in [2.24, 2.45) is 0 Å². The molecule has 6 nitrogen and oxygen atoms in total. The first-order valence-electron chi connectivity index (χ1n) is 9.27. The van der Waals surface area contributed by atoms with Crippen LogP contribution in [0.4, 0.5) is 0 Å². The van der Waals surface area contributed by atoms with Crippen LogP contribution in [0, 0.1) is 0 Å². The molecule has 0 fully saturated rings. The van der Waals surface area contributed by atoms with Gasteiger partial charge >= 0.3 is 0 Å². The Morgan fingerprint density at radius 1 is 1.00 bits per heavy atom. The zero-order valence-electron chi connectivity index (χ0n) is 15.3. The lowest BCUT2D eigenvalue weighted by atomic mass is 9.98. The van der Waals surface area contributed by atoms with Gasteiger partial charge in [0.2, 0.25) is 0 Å². The molecule has 136 valence electrons. The van der Waals surface area contributed by atoms with E-state index in [1.54, 1.807) is 0 Å². The van der Waals surface area contributed by atoms with Crippen LogP contribution < -0.4 is 0 Å². The van der Waals surface area contributed by atoms with Crippen molar-refractivity contribution >= 4 is 0 Å². The number of aromatic nitrogens is 6. The first-order chi connectivity index (χ1) is 13.3. The Morgan fingerprint density at radius 2 is 1.81 bits per heavy atom. The first kappa shape index (κ1) is 17.1. The van der Waals surface area contributed by atoms with Crippen molar-refractivity contribution in [2.45, 2.75) is 32.7 Å². The number of benzene rings is 2. The molecule has 0 saturated carbocycles. The number of imidazole rings is 1. The maximum absolute atomic E-state index is 4.50. The molecule has 2 aromatic carbocycles. The number of tetrazole rings is 1. The van der Waals surface area contributed by atoms with Crippen LogP contribution in [0.5, 0.6) is 0 Å². The third-order valence-corrected chi connectivity index (χ3v) is 4.70. The topological polar surface area (TPSA) is 72.3 Å². The van der Waals surface area contributed by atoms with Gasteiger partial charge in [0.05, 0.1) is 0 Å². The minimum absolute atomic E-state index is 0.675. The van der Waals surface area contributed by atoms with Gasteiger partial charge in [-0.05, 0) is 33.5 Å². The number of unbranched alkanes of at least 4 members (excludes halogenated alkanes) is 1. The minimum Gasteiger partial charge on any atom is -0.331 e. The second-order valence-corrected chi connectivity index (χ2v) is 6.57. The zero-order valence-corrected chi connectivity index (χ0v) is 15.3. The molecule has 0 bridgehead atoms. The average molecular weight is 358 g/mol. The molecule has 4 aromatic rings. The van der Waals surface area contributed by atoms with Gasteiger partial charge in [-0.2, -0.15) is 0 Å². The van der Waals surface area contributed by atoms with Crippen molar-refractivity contribution in [3.8, 4) is 22.5 Å². The summed E-state index contributed by atoms with van der Waals surface area (Å²) in [6.45, 7) is 3.05. The van der Waals surface area contributed by atoms with E-state index in [0.717, 1.165) is 35.5 Å². The predicted octanol–water partition coefficient (Wildman–Crippen LogP) is 4.12. The first-order valence-corrected chi connectivity index (χ1v) is 9.27. The van der Waals surface area contributed by atoms with E-state index in [1.807, 2.05) is 24.4 Å². The summed E-state index contributed by atoms with van der Waals surface area (Å²) in [4.78, 5) is 4.50. The van der Waals surface area contributed by atoms with Crippen LogP contribution in [-0.2, 0) is 13.0 Å². The molecule has 0 radical (unpaired) electrons. The molecule has 6 heteroatoms. The average Bonchev–Trinajstić information content (AvgIpc) is 3.39. The molecule has 4 rings (SSSR count). The summed E-state index contributed by atoms with van der Waals surface area (Å²) in [5, 5.41) is 14.3. The summed E-state index contributed by atoms with van der Waals surface area (Å²) in [6, 6.07) is 16.8.